The van der Waals surface area contributed by atoms with E-state index in [1.165, 1.54) is 0 Å². The van der Waals surface area contributed by atoms with Gasteiger partial charge in [-0.05, 0) is 11.1 Å². The summed E-state index contributed by atoms with van der Waals surface area (Å²) in [4.78, 5) is 0. The summed E-state index contributed by atoms with van der Waals surface area (Å²) < 4.78 is 11.4. The second-order valence-electron chi connectivity index (χ2n) is 4.90. The molecule has 0 fully saturated rings. The van der Waals surface area contributed by atoms with E-state index in [0.717, 1.165) is 11.1 Å². The molecule has 1 N–H and O–H groups in total. The summed E-state index contributed by atoms with van der Waals surface area (Å²) in [5.41, 5.74) is 2.06. The number of ether oxygens (including phenoxy) is 2. The van der Waals surface area contributed by atoms with Crippen LogP contribution in [0.15, 0.2) is 60.7 Å². The van der Waals surface area contributed by atoms with Crippen molar-refractivity contribution >= 4 is 0 Å². The number of aliphatic hydroxyl groups excluding tert-OH is 1. The van der Waals surface area contributed by atoms with E-state index in [4.69, 9.17) is 15.9 Å². The Bertz CT molecular complexity index is 575. The maximum absolute atomic E-state index is 9.50. The lowest BCUT2D eigenvalue weighted by Crippen LogP contribution is -2.33. The predicted molar refractivity (Wildman–Crippen MR) is 86.0 cm³/mol. The SMILES string of the molecule is C#C[C@@H](OCc1ccccc1)[C@@H](CO)OCc1ccccc1. The van der Waals surface area contributed by atoms with Crippen LogP contribution in [-0.2, 0) is 22.7 Å². The standard InChI is InChI=1S/C19H20O3/c1-2-18(21-14-16-9-5-3-6-10-16)19(13-20)22-15-17-11-7-4-8-12-17/h1,3-12,18-20H,13-15H2/t18-,19-/m1/s1. The molecule has 2 aromatic rings. The molecule has 0 aliphatic carbocycles. The molecule has 3 heteroatoms. The van der Waals surface area contributed by atoms with Gasteiger partial charge in [0.15, 0.2) is 0 Å². The van der Waals surface area contributed by atoms with Gasteiger partial charge in [0.25, 0.3) is 0 Å². The smallest absolute Gasteiger partial charge is 0.146 e. The minimum atomic E-state index is -0.589. The van der Waals surface area contributed by atoms with Crippen LogP contribution in [0.4, 0.5) is 0 Å². The van der Waals surface area contributed by atoms with Crippen molar-refractivity contribution in [2.75, 3.05) is 6.61 Å². The Balaban J connectivity index is 1.88. The monoisotopic (exact) mass is 296 g/mol. The molecule has 0 aliphatic rings. The molecule has 0 aliphatic heterocycles. The molecule has 0 amide bonds. The zero-order valence-electron chi connectivity index (χ0n) is 12.4. The number of hydrogen-bond donors (Lipinski definition) is 1. The average molecular weight is 296 g/mol. The van der Waals surface area contributed by atoms with Crippen LogP contribution in [0.25, 0.3) is 0 Å². The fraction of sp³-hybridized carbons (Fsp3) is 0.263. The first-order valence-electron chi connectivity index (χ1n) is 7.21. The van der Waals surface area contributed by atoms with Gasteiger partial charge in [-0.3, -0.25) is 0 Å². The molecular formula is C19H20O3. The van der Waals surface area contributed by atoms with Gasteiger partial charge in [0.05, 0.1) is 19.8 Å². The fourth-order valence-corrected chi connectivity index (χ4v) is 2.04. The number of hydrogen-bond acceptors (Lipinski definition) is 3. The average Bonchev–Trinajstić information content (AvgIpc) is 2.59. The maximum Gasteiger partial charge on any atom is 0.146 e. The molecule has 0 spiro atoms. The molecule has 22 heavy (non-hydrogen) atoms. The van der Waals surface area contributed by atoms with Crippen LogP contribution in [0.5, 0.6) is 0 Å². The molecule has 0 radical (unpaired) electrons. The van der Waals surface area contributed by atoms with Gasteiger partial charge in [-0.15, -0.1) is 6.42 Å². The van der Waals surface area contributed by atoms with E-state index >= 15 is 0 Å². The molecule has 0 saturated carbocycles. The third kappa shape index (κ3) is 5.01. The van der Waals surface area contributed by atoms with Gasteiger partial charge in [-0.1, -0.05) is 66.6 Å². The zero-order chi connectivity index (χ0) is 15.6. The van der Waals surface area contributed by atoms with E-state index < -0.39 is 12.2 Å². The molecule has 0 unspecified atom stereocenters. The lowest BCUT2D eigenvalue weighted by atomic mass is 10.2. The minimum absolute atomic E-state index is 0.184. The second-order valence-corrected chi connectivity index (χ2v) is 4.90. The molecule has 3 nitrogen and oxygen atoms in total. The third-order valence-electron chi connectivity index (χ3n) is 3.26. The third-order valence-corrected chi connectivity index (χ3v) is 3.26. The number of benzene rings is 2. The molecule has 0 aromatic heterocycles. The van der Waals surface area contributed by atoms with Crippen LogP contribution in [0.1, 0.15) is 11.1 Å². The van der Waals surface area contributed by atoms with Crippen LogP contribution < -0.4 is 0 Å². The Morgan fingerprint density at radius 3 is 1.82 bits per heavy atom. The van der Waals surface area contributed by atoms with E-state index in [1.807, 2.05) is 60.7 Å². The largest absolute Gasteiger partial charge is 0.394 e. The van der Waals surface area contributed by atoms with Crippen molar-refractivity contribution in [2.45, 2.75) is 25.4 Å². The van der Waals surface area contributed by atoms with Gasteiger partial charge in [0.1, 0.15) is 12.2 Å². The van der Waals surface area contributed by atoms with Crippen molar-refractivity contribution in [3.05, 3.63) is 71.8 Å². The molecule has 114 valence electrons. The number of aliphatic hydroxyl groups is 1. The summed E-state index contributed by atoms with van der Waals surface area (Å²) in [6.45, 7) is 0.594. The summed E-state index contributed by atoms with van der Waals surface area (Å²) in [7, 11) is 0. The van der Waals surface area contributed by atoms with Crippen molar-refractivity contribution in [3.8, 4) is 12.3 Å². The van der Waals surface area contributed by atoms with E-state index in [1.54, 1.807) is 0 Å². The summed E-state index contributed by atoms with van der Waals surface area (Å²) >= 11 is 0. The quantitative estimate of drug-likeness (QED) is 0.761. The first kappa shape index (κ1) is 16.3. The Morgan fingerprint density at radius 1 is 0.864 bits per heavy atom. The molecule has 0 bridgehead atoms. The van der Waals surface area contributed by atoms with Gasteiger partial charge >= 0.3 is 0 Å². The Morgan fingerprint density at radius 2 is 1.36 bits per heavy atom. The Hall–Kier alpha value is -2.12. The maximum atomic E-state index is 9.50. The first-order chi connectivity index (χ1) is 10.8. The van der Waals surface area contributed by atoms with Gasteiger partial charge in [0, 0.05) is 0 Å². The Labute approximate surface area is 131 Å². The van der Waals surface area contributed by atoms with Crippen molar-refractivity contribution < 1.29 is 14.6 Å². The van der Waals surface area contributed by atoms with Crippen molar-refractivity contribution in [2.24, 2.45) is 0 Å². The van der Waals surface area contributed by atoms with Gasteiger partial charge in [-0.2, -0.15) is 0 Å². The molecular weight excluding hydrogens is 276 g/mol. The summed E-state index contributed by atoms with van der Waals surface area (Å²) in [6, 6.07) is 19.5. The lowest BCUT2D eigenvalue weighted by molar-refractivity contribution is -0.0809. The van der Waals surface area contributed by atoms with Crippen LogP contribution in [0.3, 0.4) is 0 Å². The normalized spacial score (nSPS) is 13.3. The van der Waals surface area contributed by atoms with Crippen LogP contribution in [-0.4, -0.2) is 23.9 Å². The van der Waals surface area contributed by atoms with Crippen molar-refractivity contribution in [1.29, 1.82) is 0 Å². The lowest BCUT2D eigenvalue weighted by Gasteiger charge is -2.22. The molecule has 2 atom stereocenters. The van der Waals surface area contributed by atoms with Crippen molar-refractivity contribution in [3.63, 3.8) is 0 Å². The van der Waals surface area contributed by atoms with Gasteiger partial charge < -0.3 is 14.6 Å². The molecule has 0 saturated heterocycles. The van der Waals surface area contributed by atoms with Crippen molar-refractivity contribution in [1.82, 2.24) is 0 Å². The molecule has 2 rings (SSSR count). The second kappa shape index (κ2) is 9.01. The predicted octanol–water partition coefficient (Wildman–Crippen LogP) is 2.78. The van der Waals surface area contributed by atoms with Gasteiger partial charge in [0.2, 0.25) is 0 Å². The topological polar surface area (TPSA) is 38.7 Å². The fourth-order valence-electron chi connectivity index (χ4n) is 2.04. The van der Waals surface area contributed by atoms with Crippen LogP contribution in [0, 0.1) is 12.3 Å². The Kier molecular flexibility index (Phi) is 6.66. The highest BCUT2D eigenvalue weighted by Crippen LogP contribution is 2.11. The van der Waals surface area contributed by atoms with E-state index in [-0.39, 0.29) is 6.61 Å². The molecule has 0 heterocycles. The summed E-state index contributed by atoms with van der Waals surface area (Å²) in [5.74, 6) is 2.55. The highest BCUT2D eigenvalue weighted by molar-refractivity contribution is 5.15. The number of rotatable bonds is 8. The first-order valence-corrected chi connectivity index (χ1v) is 7.21. The highest BCUT2D eigenvalue weighted by atomic mass is 16.5. The summed E-state index contributed by atoms with van der Waals surface area (Å²) in [5, 5.41) is 9.50. The van der Waals surface area contributed by atoms with Gasteiger partial charge in [-0.25, -0.2) is 0 Å². The minimum Gasteiger partial charge on any atom is -0.394 e. The summed E-state index contributed by atoms with van der Waals surface area (Å²) in [6.07, 6.45) is 4.38. The number of terminal acetylenes is 1. The van der Waals surface area contributed by atoms with Crippen LogP contribution >= 0.6 is 0 Å². The van der Waals surface area contributed by atoms with E-state index in [2.05, 4.69) is 5.92 Å². The molecule has 2 aromatic carbocycles. The van der Waals surface area contributed by atoms with E-state index in [9.17, 15) is 5.11 Å². The van der Waals surface area contributed by atoms with Crippen LogP contribution in [0.2, 0.25) is 0 Å². The highest BCUT2D eigenvalue weighted by Gasteiger charge is 2.20. The zero-order valence-corrected chi connectivity index (χ0v) is 12.4. The van der Waals surface area contributed by atoms with E-state index in [0.29, 0.717) is 13.2 Å².